The molecule has 5 rings (SSSR count). The SMILES string of the molecule is NC(=O)[C@@H]1Cc2ccccc2C[NH+]1Cc1nc2sc(-c3ccccc3)cc2c(=O)[nH]1. The molecular weight excluding hydrogens is 396 g/mol. The predicted octanol–water partition coefficient (Wildman–Crippen LogP) is 1.65. The first-order chi connectivity index (χ1) is 14.6. The van der Waals surface area contributed by atoms with Gasteiger partial charge in [0.25, 0.3) is 11.5 Å². The molecule has 3 heterocycles. The molecule has 4 N–H and O–H groups in total. The number of thiophene rings is 1. The maximum absolute atomic E-state index is 12.7. The molecule has 0 fully saturated rings. The van der Waals surface area contributed by atoms with E-state index in [-0.39, 0.29) is 17.5 Å². The minimum absolute atomic E-state index is 0.152. The van der Waals surface area contributed by atoms with Gasteiger partial charge >= 0.3 is 0 Å². The van der Waals surface area contributed by atoms with Gasteiger partial charge in [0, 0.05) is 16.9 Å². The first kappa shape index (κ1) is 18.7. The minimum atomic E-state index is -0.343. The lowest BCUT2D eigenvalue weighted by atomic mass is 9.93. The zero-order valence-corrected chi connectivity index (χ0v) is 17.0. The Morgan fingerprint density at radius 1 is 1.13 bits per heavy atom. The number of hydrogen-bond acceptors (Lipinski definition) is 4. The number of hydrogen-bond donors (Lipinski definition) is 3. The van der Waals surface area contributed by atoms with E-state index >= 15 is 0 Å². The molecule has 2 aromatic heterocycles. The molecule has 1 amide bonds. The highest BCUT2D eigenvalue weighted by Crippen LogP contribution is 2.30. The second-order valence-electron chi connectivity index (χ2n) is 7.65. The van der Waals surface area contributed by atoms with Gasteiger partial charge in [-0.25, -0.2) is 4.98 Å². The number of fused-ring (bicyclic) bond motifs is 2. The van der Waals surface area contributed by atoms with Gasteiger partial charge in [0.2, 0.25) is 0 Å². The van der Waals surface area contributed by atoms with Crippen LogP contribution in [0.2, 0.25) is 0 Å². The average Bonchev–Trinajstić information content (AvgIpc) is 3.18. The topological polar surface area (TPSA) is 93.3 Å². The molecule has 1 unspecified atom stereocenters. The van der Waals surface area contributed by atoms with Crippen LogP contribution in [0.1, 0.15) is 17.0 Å². The number of benzene rings is 2. The molecule has 0 radical (unpaired) electrons. The summed E-state index contributed by atoms with van der Waals surface area (Å²) in [7, 11) is 0. The van der Waals surface area contributed by atoms with Gasteiger partial charge in [0.15, 0.2) is 11.9 Å². The number of H-pyrrole nitrogens is 1. The van der Waals surface area contributed by atoms with E-state index in [2.05, 4.69) is 11.1 Å². The van der Waals surface area contributed by atoms with Crippen LogP contribution < -0.4 is 16.2 Å². The van der Waals surface area contributed by atoms with Crippen molar-refractivity contribution in [2.45, 2.75) is 25.6 Å². The molecule has 4 aromatic rings. The summed E-state index contributed by atoms with van der Waals surface area (Å²) in [5.74, 6) is 0.250. The van der Waals surface area contributed by atoms with E-state index in [0.29, 0.717) is 35.6 Å². The van der Waals surface area contributed by atoms with Crippen LogP contribution in [0.4, 0.5) is 0 Å². The van der Waals surface area contributed by atoms with E-state index in [1.54, 1.807) is 0 Å². The molecule has 6 nitrogen and oxygen atoms in total. The van der Waals surface area contributed by atoms with E-state index in [9.17, 15) is 9.59 Å². The van der Waals surface area contributed by atoms with E-state index < -0.39 is 0 Å². The van der Waals surface area contributed by atoms with Crippen molar-refractivity contribution < 1.29 is 9.69 Å². The highest BCUT2D eigenvalue weighted by atomic mass is 32.1. The number of primary amides is 1. The number of carbonyl (C=O) groups is 1. The molecule has 1 aliphatic heterocycles. The molecule has 0 saturated carbocycles. The van der Waals surface area contributed by atoms with Crippen molar-refractivity contribution in [3.63, 3.8) is 0 Å². The summed E-state index contributed by atoms with van der Waals surface area (Å²) >= 11 is 1.50. The molecular formula is C23H21N4O2S+. The van der Waals surface area contributed by atoms with Gasteiger partial charge < -0.3 is 15.6 Å². The van der Waals surface area contributed by atoms with Crippen LogP contribution in [0.5, 0.6) is 0 Å². The monoisotopic (exact) mass is 417 g/mol. The molecule has 30 heavy (non-hydrogen) atoms. The van der Waals surface area contributed by atoms with Crippen LogP contribution in [-0.2, 0) is 24.3 Å². The number of nitrogens with zero attached hydrogens (tertiary/aromatic N) is 1. The molecule has 1 aliphatic rings. The summed E-state index contributed by atoms with van der Waals surface area (Å²) in [5.41, 5.74) is 8.98. The number of rotatable bonds is 4. The largest absolute Gasteiger partial charge is 0.365 e. The smallest absolute Gasteiger partial charge is 0.276 e. The number of nitrogens with two attached hydrogens (primary N) is 1. The van der Waals surface area contributed by atoms with Gasteiger partial charge in [-0.3, -0.25) is 9.59 Å². The van der Waals surface area contributed by atoms with Crippen molar-refractivity contribution >= 4 is 27.5 Å². The number of nitrogens with one attached hydrogen (secondary N) is 2. The van der Waals surface area contributed by atoms with Crippen LogP contribution in [0.3, 0.4) is 0 Å². The summed E-state index contributed by atoms with van der Waals surface area (Å²) in [6.45, 7) is 1.11. The fraction of sp³-hybridized carbons (Fsp3) is 0.174. The lowest BCUT2D eigenvalue weighted by molar-refractivity contribution is -0.945. The highest BCUT2D eigenvalue weighted by Gasteiger charge is 2.34. The number of quaternary nitrogens is 1. The number of amides is 1. The summed E-state index contributed by atoms with van der Waals surface area (Å²) < 4.78 is 0. The Morgan fingerprint density at radius 2 is 1.87 bits per heavy atom. The quantitative estimate of drug-likeness (QED) is 0.471. The third kappa shape index (κ3) is 3.42. The summed E-state index contributed by atoms with van der Waals surface area (Å²) in [6, 6.07) is 19.6. The molecule has 2 atom stereocenters. The van der Waals surface area contributed by atoms with Crippen molar-refractivity contribution in [3.8, 4) is 10.4 Å². The lowest BCUT2D eigenvalue weighted by Crippen LogP contribution is -3.16. The summed E-state index contributed by atoms with van der Waals surface area (Å²) in [4.78, 5) is 35.2. The maximum atomic E-state index is 12.7. The van der Waals surface area contributed by atoms with E-state index in [1.807, 2.05) is 54.6 Å². The molecule has 7 heteroatoms. The minimum Gasteiger partial charge on any atom is -0.365 e. The van der Waals surface area contributed by atoms with Crippen molar-refractivity contribution in [1.82, 2.24) is 9.97 Å². The van der Waals surface area contributed by atoms with Gasteiger partial charge in [-0.05, 0) is 17.2 Å². The molecule has 0 bridgehead atoms. The Balaban J connectivity index is 1.49. The van der Waals surface area contributed by atoms with Crippen LogP contribution in [0.15, 0.2) is 65.5 Å². The Labute approximate surface area is 177 Å². The molecule has 2 aromatic carbocycles. The van der Waals surface area contributed by atoms with Crippen LogP contribution in [0.25, 0.3) is 20.7 Å². The van der Waals surface area contributed by atoms with Crippen molar-refractivity contribution in [2.75, 3.05) is 0 Å². The summed E-state index contributed by atoms with van der Waals surface area (Å²) in [5, 5.41) is 0.591. The third-order valence-corrected chi connectivity index (χ3v) is 6.78. The van der Waals surface area contributed by atoms with Crippen molar-refractivity contribution in [2.24, 2.45) is 5.73 Å². The second-order valence-corrected chi connectivity index (χ2v) is 8.68. The van der Waals surface area contributed by atoms with Gasteiger partial charge in [-0.15, -0.1) is 11.3 Å². The Bertz CT molecular complexity index is 1300. The Kier molecular flexibility index (Phi) is 4.69. The van der Waals surface area contributed by atoms with E-state index in [1.165, 1.54) is 16.9 Å². The molecule has 0 spiro atoms. The second kappa shape index (κ2) is 7.51. The predicted molar refractivity (Wildman–Crippen MR) is 117 cm³/mol. The maximum Gasteiger partial charge on any atom is 0.276 e. The van der Waals surface area contributed by atoms with Gasteiger partial charge in [-0.1, -0.05) is 54.6 Å². The fourth-order valence-corrected chi connectivity index (χ4v) is 5.22. The standard InChI is InChI=1S/C23H20N4O2S/c24-21(28)18-10-15-8-4-5-9-16(15)12-27(18)13-20-25-22(29)17-11-19(30-23(17)26-20)14-6-2-1-3-7-14/h1-9,11,18H,10,12-13H2,(H2,24,28)(H,25,26,29)/p+1/t18-/m0/s1. The Morgan fingerprint density at radius 3 is 2.63 bits per heavy atom. The van der Waals surface area contributed by atoms with Gasteiger partial charge in [0.05, 0.1) is 5.39 Å². The first-order valence-corrected chi connectivity index (χ1v) is 10.7. The number of aromatic nitrogens is 2. The molecule has 0 saturated heterocycles. The first-order valence-electron chi connectivity index (χ1n) is 9.87. The molecule has 0 aliphatic carbocycles. The Hall–Kier alpha value is -3.29. The van der Waals surface area contributed by atoms with E-state index in [0.717, 1.165) is 20.9 Å². The van der Waals surface area contributed by atoms with Crippen LogP contribution >= 0.6 is 11.3 Å². The van der Waals surface area contributed by atoms with E-state index in [4.69, 9.17) is 10.7 Å². The summed E-state index contributed by atoms with van der Waals surface area (Å²) in [6.07, 6.45) is 0.602. The average molecular weight is 418 g/mol. The third-order valence-electron chi connectivity index (χ3n) is 5.70. The number of carbonyl (C=O) groups excluding carboxylic acids is 1. The van der Waals surface area contributed by atoms with Crippen LogP contribution in [0, 0.1) is 0 Å². The lowest BCUT2D eigenvalue weighted by Gasteiger charge is -2.31. The fourth-order valence-electron chi connectivity index (χ4n) is 4.17. The highest BCUT2D eigenvalue weighted by molar-refractivity contribution is 7.21. The van der Waals surface area contributed by atoms with Gasteiger partial charge in [0.1, 0.15) is 17.9 Å². The number of aromatic amines is 1. The van der Waals surface area contributed by atoms with Gasteiger partial charge in [-0.2, -0.15) is 0 Å². The van der Waals surface area contributed by atoms with Crippen molar-refractivity contribution in [1.29, 1.82) is 0 Å². The normalized spacial score (nSPS) is 18.3. The van der Waals surface area contributed by atoms with Crippen molar-refractivity contribution in [3.05, 3.63) is 88.0 Å². The molecule has 150 valence electrons. The van der Waals surface area contributed by atoms with Crippen LogP contribution in [-0.4, -0.2) is 21.9 Å². The zero-order chi connectivity index (χ0) is 20.7. The zero-order valence-electron chi connectivity index (χ0n) is 16.2.